The molecule has 0 bridgehead atoms. The van der Waals surface area contributed by atoms with Crippen LogP contribution in [0.2, 0.25) is 0 Å². The number of likely N-dealkylation sites (tertiary alicyclic amines) is 1. The highest BCUT2D eigenvalue weighted by Gasteiger charge is 2.27. The molecule has 1 fully saturated rings. The van der Waals surface area contributed by atoms with Gasteiger partial charge in [-0.15, -0.1) is 0 Å². The molecule has 1 atom stereocenters. The molecular weight excluding hydrogens is 244 g/mol. The second-order valence-corrected chi connectivity index (χ2v) is 6.20. The summed E-state index contributed by atoms with van der Waals surface area (Å²) in [6, 6.07) is 0. The molecule has 0 aromatic heterocycles. The minimum atomic E-state index is -0.441. The molecule has 0 aromatic carbocycles. The number of rotatable bonds is 5. The van der Waals surface area contributed by atoms with Crippen LogP contribution in [0.3, 0.4) is 0 Å². The van der Waals surface area contributed by atoms with Crippen molar-refractivity contribution >= 4 is 6.09 Å². The molecule has 5 nitrogen and oxygen atoms in total. The van der Waals surface area contributed by atoms with E-state index in [2.05, 4.69) is 4.90 Å². The smallest absolute Gasteiger partial charge is 0.410 e. The Balaban J connectivity index is 2.42. The van der Waals surface area contributed by atoms with E-state index in [1.54, 1.807) is 4.90 Å². The fraction of sp³-hybridized carbons (Fsp3) is 0.929. The van der Waals surface area contributed by atoms with Crippen molar-refractivity contribution < 1.29 is 14.6 Å². The third-order valence-electron chi connectivity index (χ3n) is 3.30. The van der Waals surface area contributed by atoms with E-state index < -0.39 is 5.60 Å². The van der Waals surface area contributed by atoms with Crippen LogP contribution in [0.5, 0.6) is 0 Å². The van der Waals surface area contributed by atoms with Crippen LogP contribution in [0.15, 0.2) is 0 Å². The second kappa shape index (κ2) is 7.10. The van der Waals surface area contributed by atoms with Gasteiger partial charge in [-0.25, -0.2) is 4.79 Å². The Hall–Kier alpha value is -0.810. The molecule has 112 valence electrons. The van der Waals surface area contributed by atoms with Gasteiger partial charge in [0, 0.05) is 26.2 Å². The number of hydrogen-bond acceptors (Lipinski definition) is 4. The van der Waals surface area contributed by atoms with Crippen molar-refractivity contribution in [3.05, 3.63) is 0 Å². The number of amides is 1. The molecule has 1 amide bonds. The molecule has 0 aromatic rings. The quantitative estimate of drug-likeness (QED) is 0.825. The average molecular weight is 272 g/mol. The number of β-amino-alcohol motifs (C(OH)–C–C–N with tert-alkyl or cyclic N) is 1. The summed E-state index contributed by atoms with van der Waals surface area (Å²) in [5.74, 6) is 0.485. The fourth-order valence-corrected chi connectivity index (χ4v) is 2.38. The largest absolute Gasteiger partial charge is 0.444 e. The van der Waals surface area contributed by atoms with Crippen LogP contribution in [-0.4, -0.2) is 65.9 Å². The van der Waals surface area contributed by atoms with Crippen molar-refractivity contribution in [2.75, 3.05) is 39.3 Å². The highest BCUT2D eigenvalue weighted by molar-refractivity contribution is 5.68. The van der Waals surface area contributed by atoms with E-state index in [0.29, 0.717) is 12.5 Å². The summed E-state index contributed by atoms with van der Waals surface area (Å²) in [6.45, 7) is 12.0. The number of aliphatic hydroxyl groups is 1. The fourth-order valence-electron chi connectivity index (χ4n) is 2.38. The molecule has 1 heterocycles. The molecule has 0 unspecified atom stereocenters. The van der Waals surface area contributed by atoms with E-state index >= 15 is 0 Å². The van der Waals surface area contributed by atoms with Crippen LogP contribution in [0.1, 0.15) is 34.1 Å². The Morgan fingerprint density at radius 3 is 2.68 bits per heavy atom. The van der Waals surface area contributed by atoms with Crippen LogP contribution in [0.4, 0.5) is 4.79 Å². The van der Waals surface area contributed by atoms with E-state index in [-0.39, 0.29) is 12.7 Å². The summed E-state index contributed by atoms with van der Waals surface area (Å²) in [7, 11) is 0. The standard InChI is InChI=1S/C14H28N2O3/c1-5-16(13(18)19-14(2,3)4)11-12-6-7-15(10-12)8-9-17/h12,17H,5-11H2,1-4H3/t12-/m1/s1. The Kier molecular flexibility index (Phi) is 6.07. The summed E-state index contributed by atoms with van der Waals surface area (Å²) < 4.78 is 5.41. The number of nitrogens with zero attached hydrogens (tertiary/aromatic N) is 2. The maximum Gasteiger partial charge on any atom is 0.410 e. The molecule has 1 rings (SSSR count). The second-order valence-electron chi connectivity index (χ2n) is 6.20. The summed E-state index contributed by atoms with van der Waals surface area (Å²) in [6.07, 6.45) is 0.856. The first-order valence-corrected chi connectivity index (χ1v) is 7.17. The normalized spacial score (nSPS) is 20.6. The Labute approximate surface area is 116 Å². The van der Waals surface area contributed by atoms with Gasteiger partial charge in [-0.2, -0.15) is 0 Å². The van der Waals surface area contributed by atoms with Gasteiger partial charge in [0.2, 0.25) is 0 Å². The summed E-state index contributed by atoms with van der Waals surface area (Å²) >= 11 is 0. The lowest BCUT2D eigenvalue weighted by atomic mass is 10.1. The maximum atomic E-state index is 12.0. The molecule has 5 heteroatoms. The molecule has 1 aliphatic heterocycles. The average Bonchev–Trinajstić information content (AvgIpc) is 2.71. The molecule has 1 saturated heterocycles. The summed E-state index contributed by atoms with van der Waals surface area (Å²) in [5.41, 5.74) is -0.441. The number of hydrogen-bond donors (Lipinski definition) is 1. The van der Waals surface area contributed by atoms with Gasteiger partial charge in [-0.05, 0) is 46.6 Å². The third-order valence-corrected chi connectivity index (χ3v) is 3.30. The monoisotopic (exact) mass is 272 g/mol. The van der Waals surface area contributed by atoms with Crippen LogP contribution >= 0.6 is 0 Å². The topological polar surface area (TPSA) is 53.0 Å². The molecule has 19 heavy (non-hydrogen) atoms. The van der Waals surface area contributed by atoms with Crippen LogP contribution in [0.25, 0.3) is 0 Å². The molecule has 0 saturated carbocycles. The molecule has 1 N–H and O–H groups in total. The van der Waals surface area contributed by atoms with Crippen LogP contribution in [-0.2, 0) is 4.74 Å². The first-order valence-electron chi connectivity index (χ1n) is 7.17. The first kappa shape index (κ1) is 16.2. The number of carbonyl (C=O) groups is 1. The van der Waals surface area contributed by atoms with Gasteiger partial charge in [0.05, 0.1) is 6.61 Å². The predicted molar refractivity (Wildman–Crippen MR) is 75.1 cm³/mol. The zero-order chi connectivity index (χ0) is 14.5. The molecule has 1 aliphatic rings. The minimum Gasteiger partial charge on any atom is -0.444 e. The van der Waals surface area contributed by atoms with Crippen molar-refractivity contribution in [3.8, 4) is 0 Å². The van der Waals surface area contributed by atoms with Crippen molar-refractivity contribution in [3.63, 3.8) is 0 Å². The zero-order valence-corrected chi connectivity index (χ0v) is 12.7. The van der Waals surface area contributed by atoms with Gasteiger partial charge in [-0.1, -0.05) is 0 Å². The van der Waals surface area contributed by atoms with Crippen molar-refractivity contribution in [2.45, 2.75) is 39.7 Å². The maximum absolute atomic E-state index is 12.0. The van der Waals surface area contributed by atoms with Gasteiger partial charge in [-0.3, -0.25) is 0 Å². The van der Waals surface area contributed by atoms with E-state index in [0.717, 1.165) is 32.6 Å². The van der Waals surface area contributed by atoms with Crippen LogP contribution < -0.4 is 0 Å². The van der Waals surface area contributed by atoms with Gasteiger partial charge in [0.1, 0.15) is 5.60 Å². The van der Waals surface area contributed by atoms with Gasteiger partial charge in [0.25, 0.3) is 0 Å². The minimum absolute atomic E-state index is 0.205. The van der Waals surface area contributed by atoms with Gasteiger partial charge >= 0.3 is 6.09 Å². The Morgan fingerprint density at radius 1 is 1.47 bits per heavy atom. The summed E-state index contributed by atoms with van der Waals surface area (Å²) in [4.78, 5) is 16.1. The Bertz CT molecular complexity index is 289. The zero-order valence-electron chi connectivity index (χ0n) is 12.7. The van der Waals surface area contributed by atoms with E-state index in [4.69, 9.17) is 9.84 Å². The third kappa shape index (κ3) is 5.78. The van der Waals surface area contributed by atoms with Crippen molar-refractivity contribution in [2.24, 2.45) is 5.92 Å². The van der Waals surface area contributed by atoms with E-state index in [1.165, 1.54) is 0 Å². The number of carbonyl (C=O) groups excluding carboxylic acids is 1. The lowest BCUT2D eigenvalue weighted by Gasteiger charge is -2.28. The van der Waals surface area contributed by atoms with Crippen molar-refractivity contribution in [1.82, 2.24) is 9.80 Å². The highest BCUT2D eigenvalue weighted by atomic mass is 16.6. The Morgan fingerprint density at radius 2 is 2.16 bits per heavy atom. The lowest BCUT2D eigenvalue weighted by molar-refractivity contribution is 0.0232. The molecule has 0 radical (unpaired) electrons. The van der Waals surface area contributed by atoms with E-state index in [1.807, 2.05) is 27.7 Å². The number of aliphatic hydroxyl groups excluding tert-OH is 1. The summed E-state index contributed by atoms with van der Waals surface area (Å²) in [5, 5.41) is 8.93. The number of ether oxygens (including phenoxy) is 1. The predicted octanol–water partition coefficient (Wildman–Crippen LogP) is 1.56. The SMILES string of the molecule is CCN(C[C@@H]1CCN(CCO)C1)C(=O)OC(C)(C)C. The molecular formula is C14H28N2O3. The van der Waals surface area contributed by atoms with Gasteiger partial charge in [0.15, 0.2) is 0 Å². The van der Waals surface area contributed by atoms with Crippen molar-refractivity contribution in [1.29, 1.82) is 0 Å². The lowest BCUT2D eigenvalue weighted by Crippen LogP contribution is -2.40. The molecule has 0 spiro atoms. The van der Waals surface area contributed by atoms with Crippen LogP contribution in [0, 0.1) is 5.92 Å². The van der Waals surface area contributed by atoms with E-state index in [9.17, 15) is 4.79 Å². The van der Waals surface area contributed by atoms with Gasteiger partial charge < -0.3 is 19.6 Å². The highest BCUT2D eigenvalue weighted by Crippen LogP contribution is 2.18. The first-order chi connectivity index (χ1) is 8.85. The molecule has 0 aliphatic carbocycles.